The van der Waals surface area contributed by atoms with Gasteiger partial charge in [-0.2, -0.15) is 0 Å². The number of piperidine rings is 1. The number of guanidine groups is 1. The Morgan fingerprint density at radius 1 is 1.24 bits per heavy atom. The molecule has 0 radical (unpaired) electrons. The minimum atomic E-state index is -0.0255. The molecule has 0 aromatic heterocycles. The highest BCUT2D eigenvalue weighted by molar-refractivity contribution is 14.0. The summed E-state index contributed by atoms with van der Waals surface area (Å²) in [4.78, 5) is 18.7. The van der Waals surface area contributed by atoms with Gasteiger partial charge in [0.1, 0.15) is 0 Å². The number of benzene rings is 1. The zero-order valence-electron chi connectivity index (χ0n) is 15.7. The van der Waals surface area contributed by atoms with Crippen LogP contribution in [0.3, 0.4) is 0 Å². The number of rotatable bonds is 4. The summed E-state index contributed by atoms with van der Waals surface area (Å²) in [6.07, 6.45) is 1.28. The zero-order valence-corrected chi connectivity index (χ0v) is 18.0. The first-order chi connectivity index (χ1) is 11.5. The van der Waals surface area contributed by atoms with E-state index >= 15 is 0 Å². The smallest absolute Gasteiger partial charge is 0.251 e. The Kier molecular flexibility index (Phi) is 9.24. The largest absolute Gasteiger partial charge is 0.352 e. The predicted octanol–water partition coefficient (Wildman–Crippen LogP) is 3.11. The lowest BCUT2D eigenvalue weighted by atomic mass is 9.92. The molecule has 2 rings (SSSR count). The molecule has 1 aromatic carbocycles. The van der Waals surface area contributed by atoms with Crippen LogP contribution in [0, 0.1) is 11.8 Å². The summed E-state index contributed by atoms with van der Waals surface area (Å²) in [5.41, 5.74) is 1.78. The van der Waals surface area contributed by atoms with Crippen molar-refractivity contribution in [2.75, 3.05) is 26.7 Å². The highest BCUT2D eigenvalue weighted by Gasteiger charge is 2.23. The molecular formula is C19H31IN4O. The highest BCUT2D eigenvalue weighted by atomic mass is 127. The number of carbonyl (C=O) groups is 1. The maximum Gasteiger partial charge on any atom is 0.251 e. The molecule has 0 saturated carbocycles. The number of hydrogen-bond acceptors (Lipinski definition) is 2. The fourth-order valence-electron chi connectivity index (χ4n) is 3.43. The summed E-state index contributed by atoms with van der Waals surface area (Å²) in [6.45, 7) is 9.91. The van der Waals surface area contributed by atoms with E-state index in [-0.39, 0.29) is 29.9 Å². The summed E-state index contributed by atoms with van der Waals surface area (Å²) < 4.78 is 0. The molecule has 1 amide bonds. The van der Waals surface area contributed by atoms with Crippen molar-refractivity contribution in [2.24, 2.45) is 16.8 Å². The maximum atomic E-state index is 11.9. The molecule has 2 atom stereocenters. The Labute approximate surface area is 168 Å². The van der Waals surface area contributed by atoms with Gasteiger partial charge in [0.05, 0.1) is 0 Å². The first-order valence-electron chi connectivity index (χ1n) is 8.86. The Bertz CT molecular complexity index is 581. The van der Waals surface area contributed by atoms with Crippen molar-refractivity contribution in [1.82, 2.24) is 15.5 Å². The number of amides is 1. The molecule has 25 heavy (non-hydrogen) atoms. The van der Waals surface area contributed by atoms with Crippen LogP contribution in [0.25, 0.3) is 0 Å². The predicted molar refractivity (Wildman–Crippen MR) is 115 cm³/mol. The van der Waals surface area contributed by atoms with E-state index in [0.717, 1.165) is 24.6 Å². The van der Waals surface area contributed by atoms with Gasteiger partial charge in [-0.05, 0) is 42.9 Å². The van der Waals surface area contributed by atoms with Gasteiger partial charge < -0.3 is 15.5 Å². The van der Waals surface area contributed by atoms with Crippen LogP contribution in [0.2, 0.25) is 0 Å². The summed E-state index contributed by atoms with van der Waals surface area (Å²) in [7, 11) is 1.83. The number of hydrogen-bond donors (Lipinski definition) is 2. The Morgan fingerprint density at radius 3 is 2.52 bits per heavy atom. The van der Waals surface area contributed by atoms with Crippen molar-refractivity contribution in [3.8, 4) is 0 Å². The third-order valence-electron chi connectivity index (χ3n) is 4.36. The molecule has 1 aliphatic rings. The Balaban J connectivity index is 0.00000312. The van der Waals surface area contributed by atoms with Gasteiger partial charge in [0, 0.05) is 38.8 Å². The first-order valence-corrected chi connectivity index (χ1v) is 8.86. The van der Waals surface area contributed by atoms with E-state index in [1.165, 1.54) is 6.42 Å². The Morgan fingerprint density at radius 2 is 1.92 bits per heavy atom. The lowest BCUT2D eigenvalue weighted by Gasteiger charge is -2.37. The molecule has 1 heterocycles. The fraction of sp³-hybridized carbons (Fsp3) is 0.579. The summed E-state index contributed by atoms with van der Waals surface area (Å²) >= 11 is 0. The van der Waals surface area contributed by atoms with Gasteiger partial charge in [-0.25, -0.2) is 0 Å². The number of halogens is 1. The second-order valence-corrected chi connectivity index (χ2v) is 6.81. The third-order valence-corrected chi connectivity index (χ3v) is 4.36. The van der Waals surface area contributed by atoms with Gasteiger partial charge in [-0.3, -0.25) is 9.79 Å². The van der Waals surface area contributed by atoms with Gasteiger partial charge in [-0.15, -0.1) is 24.0 Å². The van der Waals surface area contributed by atoms with Crippen molar-refractivity contribution < 1.29 is 4.79 Å². The topological polar surface area (TPSA) is 56.7 Å². The van der Waals surface area contributed by atoms with Gasteiger partial charge in [0.15, 0.2) is 5.96 Å². The number of aliphatic imine (C=N–C) groups is 1. The second-order valence-electron chi connectivity index (χ2n) is 6.81. The van der Waals surface area contributed by atoms with E-state index in [0.29, 0.717) is 30.5 Å². The highest BCUT2D eigenvalue weighted by Crippen LogP contribution is 2.20. The number of carbonyl (C=O) groups excluding carboxylic acids is 1. The minimum Gasteiger partial charge on any atom is -0.352 e. The standard InChI is InChI=1S/C19H30N4O.HI/c1-5-21-18(24)17-8-6-7-16(10-17)11-22-19(20-4)23-12-14(2)9-15(3)13-23;/h6-8,10,14-15H,5,9,11-13H2,1-4H3,(H,20,22)(H,21,24);1H. The Hall–Kier alpha value is -1.31. The van der Waals surface area contributed by atoms with Crippen molar-refractivity contribution in [3.63, 3.8) is 0 Å². The molecular weight excluding hydrogens is 427 g/mol. The van der Waals surface area contributed by atoms with E-state index in [1.807, 2.05) is 38.2 Å². The molecule has 1 saturated heterocycles. The number of likely N-dealkylation sites (tertiary alicyclic amines) is 1. The van der Waals surface area contributed by atoms with Gasteiger partial charge in [0.25, 0.3) is 5.91 Å². The van der Waals surface area contributed by atoms with Crippen LogP contribution in [0.5, 0.6) is 0 Å². The van der Waals surface area contributed by atoms with E-state index in [1.54, 1.807) is 0 Å². The van der Waals surface area contributed by atoms with E-state index in [2.05, 4.69) is 34.4 Å². The monoisotopic (exact) mass is 458 g/mol. The van der Waals surface area contributed by atoms with Crippen molar-refractivity contribution in [2.45, 2.75) is 33.7 Å². The van der Waals surface area contributed by atoms with Crippen molar-refractivity contribution in [3.05, 3.63) is 35.4 Å². The third kappa shape index (κ3) is 6.49. The fourth-order valence-corrected chi connectivity index (χ4v) is 3.43. The summed E-state index contributed by atoms with van der Waals surface area (Å²) in [6, 6.07) is 7.74. The van der Waals surface area contributed by atoms with E-state index in [9.17, 15) is 4.79 Å². The average Bonchev–Trinajstić information content (AvgIpc) is 2.55. The van der Waals surface area contributed by atoms with Gasteiger partial charge >= 0.3 is 0 Å². The molecule has 0 spiro atoms. The zero-order chi connectivity index (χ0) is 17.5. The van der Waals surface area contributed by atoms with Crippen LogP contribution in [0.4, 0.5) is 0 Å². The van der Waals surface area contributed by atoms with Crippen LogP contribution in [-0.4, -0.2) is 43.4 Å². The molecule has 6 heteroatoms. The van der Waals surface area contributed by atoms with E-state index < -0.39 is 0 Å². The van der Waals surface area contributed by atoms with Crippen molar-refractivity contribution >= 4 is 35.8 Å². The first kappa shape index (κ1) is 21.7. The van der Waals surface area contributed by atoms with Crippen LogP contribution < -0.4 is 10.6 Å². The normalized spacial score (nSPS) is 20.6. The lowest BCUT2D eigenvalue weighted by Crippen LogP contribution is -2.48. The van der Waals surface area contributed by atoms with Crippen LogP contribution in [0.1, 0.15) is 43.1 Å². The quantitative estimate of drug-likeness (QED) is 0.414. The maximum absolute atomic E-state index is 11.9. The molecule has 2 unspecified atom stereocenters. The van der Waals surface area contributed by atoms with Gasteiger partial charge in [-0.1, -0.05) is 26.0 Å². The molecule has 2 N–H and O–H groups in total. The molecule has 1 fully saturated rings. The van der Waals surface area contributed by atoms with Crippen LogP contribution >= 0.6 is 24.0 Å². The minimum absolute atomic E-state index is 0. The average molecular weight is 458 g/mol. The SMILES string of the molecule is CCNC(=O)c1cccc(CNC(=NC)N2CC(C)CC(C)C2)c1.I. The van der Waals surface area contributed by atoms with Crippen LogP contribution in [0.15, 0.2) is 29.3 Å². The van der Waals surface area contributed by atoms with Crippen molar-refractivity contribution in [1.29, 1.82) is 0 Å². The van der Waals surface area contributed by atoms with Gasteiger partial charge in [0.2, 0.25) is 0 Å². The second kappa shape index (κ2) is 10.6. The lowest BCUT2D eigenvalue weighted by molar-refractivity contribution is 0.0955. The molecule has 0 bridgehead atoms. The molecule has 1 aromatic rings. The summed E-state index contributed by atoms with van der Waals surface area (Å²) in [5.74, 6) is 2.29. The van der Waals surface area contributed by atoms with E-state index in [4.69, 9.17) is 0 Å². The molecule has 1 aliphatic heterocycles. The molecule has 140 valence electrons. The molecule has 5 nitrogen and oxygen atoms in total. The molecule has 0 aliphatic carbocycles. The van der Waals surface area contributed by atoms with Crippen LogP contribution in [-0.2, 0) is 6.54 Å². The summed E-state index contributed by atoms with van der Waals surface area (Å²) in [5, 5.41) is 6.27. The number of nitrogens with zero attached hydrogens (tertiary/aromatic N) is 2. The number of nitrogens with one attached hydrogen (secondary N) is 2.